The quantitative estimate of drug-likeness (QED) is 0.822. The molecule has 6 heteroatoms. The van der Waals surface area contributed by atoms with Crippen LogP contribution in [0.4, 0.5) is 17.6 Å². The van der Waals surface area contributed by atoms with E-state index in [9.17, 15) is 17.6 Å². The topological polar surface area (TPSA) is 20.2 Å². The highest BCUT2D eigenvalue weighted by Gasteiger charge is 2.34. The van der Waals surface area contributed by atoms with Gasteiger partial charge >= 0.3 is 6.18 Å². The van der Waals surface area contributed by atoms with E-state index in [1.807, 2.05) is 0 Å². The summed E-state index contributed by atoms with van der Waals surface area (Å²) in [5.74, 6) is -1.06. The molecule has 0 unspecified atom stereocenters. The van der Waals surface area contributed by atoms with E-state index in [-0.39, 0.29) is 24.5 Å². The van der Waals surface area contributed by atoms with Crippen LogP contribution in [-0.2, 0) is 12.6 Å². The smallest absolute Gasteiger partial charge is 0.396 e. The van der Waals surface area contributed by atoms with Crippen LogP contribution in [0.25, 0.3) is 0 Å². The van der Waals surface area contributed by atoms with E-state index in [0.29, 0.717) is 0 Å². The van der Waals surface area contributed by atoms with Crippen LogP contribution < -0.4 is 0 Å². The summed E-state index contributed by atoms with van der Waals surface area (Å²) in [5, 5.41) is 8.20. The zero-order valence-electron chi connectivity index (χ0n) is 8.11. The Morgan fingerprint density at radius 1 is 1.25 bits per heavy atom. The third kappa shape index (κ3) is 2.86. The predicted molar refractivity (Wildman–Crippen MR) is 51.8 cm³/mol. The van der Waals surface area contributed by atoms with Crippen LogP contribution >= 0.6 is 11.6 Å². The Morgan fingerprint density at radius 2 is 1.88 bits per heavy atom. The fourth-order valence-corrected chi connectivity index (χ4v) is 1.54. The summed E-state index contributed by atoms with van der Waals surface area (Å²) in [4.78, 5) is 0. The van der Waals surface area contributed by atoms with E-state index in [1.165, 1.54) is 0 Å². The largest absolute Gasteiger partial charge is 0.416 e. The van der Waals surface area contributed by atoms with Gasteiger partial charge in [0.1, 0.15) is 5.82 Å². The van der Waals surface area contributed by atoms with Crippen LogP contribution in [0.15, 0.2) is 12.1 Å². The Labute approximate surface area is 94.7 Å². The highest BCUT2D eigenvalue weighted by Crippen LogP contribution is 2.35. The Morgan fingerprint density at radius 3 is 2.38 bits per heavy atom. The molecule has 0 radical (unpaired) electrons. The van der Waals surface area contributed by atoms with Crippen molar-refractivity contribution in [2.75, 3.05) is 6.61 Å². The Kier molecular flexibility index (Phi) is 4.15. The second kappa shape index (κ2) is 5.01. The lowest BCUT2D eigenvalue weighted by Gasteiger charge is -2.14. The van der Waals surface area contributed by atoms with Crippen molar-refractivity contribution in [1.82, 2.24) is 0 Å². The van der Waals surface area contributed by atoms with Crippen molar-refractivity contribution in [3.05, 3.63) is 34.1 Å². The molecule has 90 valence electrons. The maximum atomic E-state index is 13.4. The summed E-state index contributed by atoms with van der Waals surface area (Å²) in [6.45, 7) is -0.302. The molecule has 0 bridgehead atoms. The molecule has 0 aromatic heterocycles. The van der Waals surface area contributed by atoms with Gasteiger partial charge in [0.15, 0.2) is 0 Å². The number of hydrogen-bond donors (Lipinski definition) is 1. The van der Waals surface area contributed by atoms with Crippen molar-refractivity contribution in [2.45, 2.75) is 19.0 Å². The van der Waals surface area contributed by atoms with Crippen LogP contribution in [0.5, 0.6) is 0 Å². The number of halogens is 5. The lowest BCUT2D eigenvalue weighted by Crippen LogP contribution is -2.11. The molecule has 0 fully saturated rings. The minimum atomic E-state index is -4.61. The van der Waals surface area contributed by atoms with Gasteiger partial charge in [-0.25, -0.2) is 4.39 Å². The molecule has 0 saturated heterocycles. The van der Waals surface area contributed by atoms with Crippen molar-refractivity contribution < 1.29 is 22.7 Å². The molecule has 0 saturated carbocycles. The number of alkyl halides is 3. The molecule has 1 N–H and O–H groups in total. The Hall–Kier alpha value is -0.810. The molecule has 1 nitrogen and oxygen atoms in total. The molecule has 1 aromatic carbocycles. The van der Waals surface area contributed by atoms with Gasteiger partial charge in [-0.1, -0.05) is 11.6 Å². The van der Waals surface area contributed by atoms with Crippen LogP contribution in [0.3, 0.4) is 0 Å². The third-order valence-electron chi connectivity index (χ3n) is 2.09. The van der Waals surface area contributed by atoms with Crippen LogP contribution in [0.1, 0.15) is 17.5 Å². The van der Waals surface area contributed by atoms with Gasteiger partial charge in [-0.05, 0) is 25.0 Å². The molecule has 0 aliphatic rings. The molecular formula is C10H9ClF4O. The van der Waals surface area contributed by atoms with Gasteiger partial charge in [0.2, 0.25) is 0 Å². The highest BCUT2D eigenvalue weighted by atomic mass is 35.5. The van der Waals surface area contributed by atoms with Crippen LogP contribution in [0.2, 0.25) is 5.02 Å². The second-order valence-electron chi connectivity index (χ2n) is 3.21. The van der Waals surface area contributed by atoms with E-state index in [0.717, 1.165) is 12.1 Å². The summed E-state index contributed by atoms with van der Waals surface area (Å²) in [6.07, 6.45) is -4.76. The molecule has 0 amide bonds. The molecule has 0 aliphatic carbocycles. The molecule has 1 rings (SSSR count). The van der Waals surface area contributed by atoms with Gasteiger partial charge < -0.3 is 5.11 Å². The number of hydrogen-bond acceptors (Lipinski definition) is 1. The SMILES string of the molecule is OCCCc1c(C(F)(F)F)ccc(Cl)c1F. The zero-order valence-corrected chi connectivity index (χ0v) is 8.87. The van der Waals surface area contributed by atoms with E-state index < -0.39 is 23.1 Å². The molecule has 0 aliphatic heterocycles. The predicted octanol–water partition coefficient (Wildman–Crippen LogP) is 3.42. The summed E-state index contributed by atoms with van der Waals surface area (Å²) >= 11 is 5.41. The molecule has 16 heavy (non-hydrogen) atoms. The average molecular weight is 257 g/mol. The van der Waals surface area contributed by atoms with Crippen molar-refractivity contribution in [1.29, 1.82) is 0 Å². The molecule has 0 atom stereocenters. The first-order chi connectivity index (χ1) is 7.38. The average Bonchev–Trinajstić information content (AvgIpc) is 2.18. The second-order valence-corrected chi connectivity index (χ2v) is 3.62. The van der Waals surface area contributed by atoms with Crippen molar-refractivity contribution in [3.63, 3.8) is 0 Å². The number of rotatable bonds is 3. The number of aliphatic hydroxyl groups excluding tert-OH is 1. The van der Waals surface area contributed by atoms with E-state index in [1.54, 1.807) is 0 Å². The molecule has 1 aromatic rings. The maximum absolute atomic E-state index is 13.4. The van der Waals surface area contributed by atoms with E-state index in [4.69, 9.17) is 16.7 Å². The maximum Gasteiger partial charge on any atom is 0.416 e. The van der Waals surface area contributed by atoms with E-state index >= 15 is 0 Å². The summed E-state index contributed by atoms with van der Waals surface area (Å²) in [5.41, 5.74) is -1.53. The van der Waals surface area contributed by atoms with Gasteiger partial charge in [0, 0.05) is 12.2 Å². The Balaban J connectivity index is 3.22. The molecule has 0 spiro atoms. The van der Waals surface area contributed by atoms with E-state index in [2.05, 4.69) is 0 Å². The summed E-state index contributed by atoms with van der Waals surface area (Å²) in [6, 6.07) is 1.63. The summed E-state index contributed by atoms with van der Waals surface area (Å²) in [7, 11) is 0. The molecule has 0 heterocycles. The van der Waals surface area contributed by atoms with Crippen LogP contribution in [-0.4, -0.2) is 11.7 Å². The summed E-state index contributed by atoms with van der Waals surface area (Å²) < 4.78 is 50.9. The molecular weight excluding hydrogens is 248 g/mol. The lowest BCUT2D eigenvalue weighted by atomic mass is 10.0. The van der Waals surface area contributed by atoms with Gasteiger partial charge in [0.25, 0.3) is 0 Å². The van der Waals surface area contributed by atoms with Crippen molar-refractivity contribution >= 4 is 11.6 Å². The minimum absolute atomic E-state index is 0.0559. The van der Waals surface area contributed by atoms with Gasteiger partial charge in [-0.3, -0.25) is 0 Å². The zero-order chi connectivity index (χ0) is 12.3. The normalized spacial score (nSPS) is 11.9. The number of benzene rings is 1. The monoisotopic (exact) mass is 256 g/mol. The first-order valence-electron chi connectivity index (χ1n) is 4.53. The lowest BCUT2D eigenvalue weighted by molar-refractivity contribution is -0.138. The third-order valence-corrected chi connectivity index (χ3v) is 2.38. The minimum Gasteiger partial charge on any atom is -0.396 e. The fraction of sp³-hybridized carbons (Fsp3) is 0.400. The van der Waals surface area contributed by atoms with Crippen LogP contribution in [0, 0.1) is 5.82 Å². The standard InChI is InChI=1S/C10H9ClF4O/c11-8-4-3-7(10(13,14)15)6(9(8)12)2-1-5-16/h3-4,16H,1-2,5H2. The first-order valence-corrected chi connectivity index (χ1v) is 4.90. The fourth-order valence-electron chi connectivity index (χ4n) is 1.36. The van der Waals surface area contributed by atoms with Crippen molar-refractivity contribution in [2.24, 2.45) is 0 Å². The first kappa shape index (κ1) is 13.3. The van der Waals surface area contributed by atoms with Gasteiger partial charge in [-0.15, -0.1) is 0 Å². The highest BCUT2D eigenvalue weighted by molar-refractivity contribution is 6.30. The number of aliphatic hydroxyl groups is 1. The van der Waals surface area contributed by atoms with Crippen molar-refractivity contribution in [3.8, 4) is 0 Å². The van der Waals surface area contributed by atoms with Gasteiger partial charge in [-0.2, -0.15) is 13.2 Å². The Bertz CT molecular complexity index is 376. The van der Waals surface area contributed by atoms with Gasteiger partial charge in [0.05, 0.1) is 10.6 Å².